The van der Waals surface area contributed by atoms with Crippen LogP contribution in [0.5, 0.6) is 0 Å². The van der Waals surface area contributed by atoms with E-state index in [9.17, 15) is 54.8 Å². The Morgan fingerprint density at radius 3 is 1.63 bits per heavy atom. The van der Waals surface area contributed by atoms with Gasteiger partial charge in [0.05, 0.1) is 57.5 Å². The molecule has 60 heavy (non-hydrogen) atoms. The first-order valence-corrected chi connectivity index (χ1v) is 18.2. The minimum atomic E-state index is -0.554. The zero-order valence-corrected chi connectivity index (χ0v) is 35.2. The molecule has 0 saturated heterocycles. The van der Waals surface area contributed by atoms with Crippen molar-refractivity contribution in [3.63, 3.8) is 0 Å². The number of benzene rings is 4. The number of nitro groups is 4. The third-order valence-electron chi connectivity index (χ3n) is 8.05. The van der Waals surface area contributed by atoms with E-state index in [1.165, 1.54) is 92.4 Å². The Labute approximate surface area is 357 Å². The zero-order chi connectivity index (χ0) is 45.8. The Balaban J connectivity index is 0.000000280. The van der Waals surface area contributed by atoms with Gasteiger partial charge in [-0.1, -0.05) is 60.8 Å². The van der Waals surface area contributed by atoms with Gasteiger partial charge in [-0.2, -0.15) is 0 Å². The molecular weight excluding hydrogens is 851 g/mol. The monoisotopic (exact) mass is 888 g/mol. The van der Waals surface area contributed by atoms with E-state index in [1.54, 1.807) is 17.9 Å². The van der Waals surface area contributed by atoms with E-state index in [-0.39, 0.29) is 73.9 Å². The smallest absolute Gasteiger partial charge is 0.271 e. The number of nitrogens with zero attached hydrogens (tertiary/aromatic N) is 6. The van der Waals surface area contributed by atoms with Gasteiger partial charge in [-0.25, -0.2) is 0 Å². The molecule has 4 aromatic carbocycles. The molecule has 3 amide bonds. The summed E-state index contributed by atoms with van der Waals surface area (Å²) in [6.45, 7) is 14.5. The number of non-ortho nitro benzene ring substituents is 4. The first kappa shape index (κ1) is 49.4. The minimum absolute atomic E-state index is 0.0210. The second-order valence-electron chi connectivity index (χ2n) is 13.5. The molecule has 0 saturated carbocycles. The lowest BCUT2D eigenvalue weighted by atomic mass is 9.87. The molecule has 318 valence electrons. The van der Waals surface area contributed by atoms with Gasteiger partial charge in [0.25, 0.3) is 22.7 Å². The summed E-state index contributed by atoms with van der Waals surface area (Å²) < 4.78 is 0. The van der Waals surface area contributed by atoms with E-state index in [1.807, 2.05) is 13.8 Å². The van der Waals surface area contributed by atoms with Crippen LogP contribution in [0.3, 0.4) is 0 Å². The second-order valence-corrected chi connectivity index (χ2v) is 14.7. The Hall–Kier alpha value is -6.70. The highest BCUT2D eigenvalue weighted by atomic mass is 35.5. The van der Waals surface area contributed by atoms with Crippen LogP contribution in [0.4, 0.5) is 45.5 Å². The molecule has 1 heterocycles. The first-order valence-electron chi connectivity index (χ1n) is 17.1. The molecule has 1 aliphatic heterocycles. The summed E-state index contributed by atoms with van der Waals surface area (Å²) in [7, 11) is 0. The fourth-order valence-corrected chi connectivity index (χ4v) is 5.79. The minimum Gasteiger partial charge on any atom is -0.397 e. The highest BCUT2D eigenvalue weighted by Crippen LogP contribution is 2.42. The van der Waals surface area contributed by atoms with Crippen LogP contribution in [0.2, 0.25) is 15.1 Å². The fraction of sp³-hybridized carbons (Fsp3) is 0.237. The summed E-state index contributed by atoms with van der Waals surface area (Å²) in [6.07, 6.45) is 0. The largest absolute Gasteiger partial charge is 0.397 e. The molecule has 4 aromatic rings. The number of amides is 3. The molecule has 1 aliphatic rings. The molecule has 3 N–H and O–H groups in total. The number of nitrogen functional groups attached to an aromatic ring is 1. The summed E-state index contributed by atoms with van der Waals surface area (Å²) in [4.78, 5) is 76.8. The molecule has 0 unspecified atom stereocenters. The number of fused-ring (bicyclic) bond motifs is 1. The number of anilines is 4. The molecular formula is C38H39Cl3N8O11. The van der Waals surface area contributed by atoms with E-state index in [4.69, 9.17) is 40.5 Å². The van der Waals surface area contributed by atoms with Crippen LogP contribution in [-0.2, 0) is 19.8 Å². The van der Waals surface area contributed by atoms with E-state index in [0.29, 0.717) is 22.9 Å². The van der Waals surface area contributed by atoms with Crippen LogP contribution in [0.15, 0.2) is 84.9 Å². The van der Waals surface area contributed by atoms with E-state index < -0.39 is 19.7 Å². The molecule has 22 heteroatoms. The molecule has 0 spiro atoms. The maximum absolute atomic E-state index is 11.6. The molecule has 0 bridgehead atoms. The third-order valence-corrected chi connectivity index (χ3v) is 9.04. The van der Waals surface area contributed by atoms with Gasteiger partial charge >= 0.3 is 0 Å². The average Bonchev–Trinajstić information content (AvgIpc) is 3.43. The average molecular weight is 890 g/mol. The van der Waals surface area contributed by atoms with Crippen molar-refractivity contribution in [3.8, 4) is 0 Å². The quantitative estimate of drug-likeness (QED) is 0.0725. The maximum Gasteiger partial charge on any atom is 0.271 e. The fourth-order valence-electron chi connectivity index (χ4n) is 5.29. The van der Waals surface area contributed by atoms with Crippen molar-refractivity contribution in [1.29, 1.82) is 0 Å². The molecule has 19 nitrogen and oxygen atoms in total. The SMILES string of the molecule is C=C(C)CN(C(C)=O)c1cc([N+](=O)[O-])ccc1Cl.CC(=O)N1CC(C)(C)c2ccc([N+](=O)[O-])cc21.CC(=O)Nc1cc([N+](=O)[O-])ccc1Cl.Nc1cc([N+](=O)[O-])ccc1Cl. The van der Waals surface area contributed by atoms with E-state index >= 15 is 0 Å². The third kappa shape index (κ3) is 14.0. The van der Waals surface area contributed by atoms with E-state index in [2.05, 4.69) is 11.9 Å². The van der Waals surface area contributed by atoms with Crippen molar-refractivity contribution in [3.05, 3.63) is 146 Å². The standard InChI is InChI=1S/C12H13ClN2O3.C12H14N2O3.C8H7ClN2O3.C6H5ClN2O2/c1-8(2)7-14(9(3)16)12-6-10(15(17)18)4-5-11(12)13;1-8(15)13-7-12(2,3)10-5-4-9(14(16)17)6-11(10)13;1-5(12)10-8-4-6(11(13)14)2-3-7(8)9;7-5-2-1-4(9(10)11)3-6(5)8/h4-6H,1,7H2,2-3H3;4-6H,7H2,1-3H3;2-4H,1H3,(H,10,12);1-3H,8H2. The predicted molar refractivity (Wildman–Crippen MR) is 230 cm³/mol. The van der Waals surface area contributed by atoms with Crippen LogP contribution in [0, 0.1) is 40.5 Å². The molecule has 0 atom stereocenters. The highest BCUT2D eigenvalue weighted by molar-refractivity contribution is 6.34. The van der Waals surface area contributed by atoms with Crippen LogP contribution >= 0.6 is 34.8 Å². The molecule has 0 radical (unpaired) electrons. The van der Waals surface area contributed by atoms with Crippen molar-refractivity contribution in [2.75, 3.05) is 33.9 Å². The van der Waals surface area contributed by atoms with Crippen LogP contribution in [-0.4, -0.2) is 50.5 Å². The maximum atomic E-state index is 11.6. The van der Waals surface area contributed by atoms with Gasteiger partial charge in [-0.15, -0.1) is 0 Å². The van der Waals surface area contributed by atoms with Gasteiger partial charge in [-0.3, -0.25) is 54.8 Å². The van der Waals surface area contributed by atoms with E-state index in [0.717, 1.165) is 11.1 Å². The van der Waals surface area contributed by atoms with Gasteiger partial charge in [0, 0.05) is 87.8 Å². The van der Waals surface area contributed by atoms with Crippen LogP contribution in [0.1, 0.15) is 47.1 Å². The lowest BCUT2D eigenvalue weighted by Crippen LogP contribution is -2.31. The van der Waals surface area contributed by atoms with Gasteiger partial charge in [-0.05, 0) is 36.8 Å². The lowest BCUT2D eigenvalue weighted by molar-refractivity contribution is -0.385. The number of nitrogens with two attached hydrogens (primary N) is 1. The second kappa shape index (κ2) is 21.3. The Bertz CT molecular complexity index is 2360. The van der Waals surface area contributed by atoms with Crippen molar-refractivity contribution < 1.29 is 34.1 Å². The number of rotatable bonds is 8. The summed E-state index contributed by atoms with van der Waals surface area (Å²) in [5.41, 5.74) is 8.11. The number of hydrogen-bond donors (Lipinski definition) is 2. The predicted octanol–water partition coefficient (Wildman–Crippen LogP) is 9.45. The highest BCUT2D eigenvalue weighted by Gasteiger charge is 2.37. The van der Waals surface area contributed by atoms with Crippen molar-refractivity contribution in [2.24, 2.45) is 0 Å². The Morgan fingerprint density at radius 1 is 0.733 bits per heavy atom. The van der Waals surface area contributed by atoms with Crippen LogP contribution < -0.4 is 20.9 Å². The number of nitro benzene ring substituents is 4. The zero-order valence-electron chi connectivity index (χ0n) is 32.9. The van der Waals surface area contributed by atoms with Crippen LogP contribution in [0.25, 0.3) is 0 Å². The van der Waals surface area contributed by atoms with Gasteiger partial charge in [0.1, 0.15) is 0 Å². The lowest BCUT2D eigenvalue weighted by Gasteiger charge is -2.22. The van der Waals surface area contributed by atoms with Crippen molar-refractivity contribution >= 4 is 98.0 Å². The number of nitrogens with one attached hydrogen (secondary N) is 1. The summed E-state index contributed by atoms with van der Waals surface area (Å²) in [5.74, 6) is -0.662. The Kier molecular flexibility index (Phi) is 17.6. The first-order chi connectivity index (χ1) is 27.8. The van der Waals surface area contributed by atoms with Gasteiger partial charge in [0.2, 0.25) is 17.7 Å². The van der Waals surface area contributed by atoms with Crippen molar-refractivity contribution in [2.45, 2.75) is 47.0 Å². The Morgan fingerprint density at radius 2 is 1.18 bits per heavy atom. The molecule has 5 rings (SSSR count). The number of halogens is 3. The number of carbonyl (C=O) groups is 3. The number of hydrogen-bond acceptors (Lipinski definition) is 12. The summed E-state index contributed by atoms with van der Waals surface area (Å²) in [6, 6.07) is 16.5. The van der Waals surface area contributed by atoms with Crippen molar-refractivity contribution in [1.82, 2.24) is 0 Å². The topological polar surface area (TPSA) is 268 Å². The summed E-state index contributed by atoms with van der Waals surface area (Å²) in [5, 5.41) is 45.3. The number of carbonyl (C=O) groups excluding carboxylic acids is 3. The molecule has 0 aliphatic carbocycles. The van der Waals surface area contributed by atoms with Gasteiger partial charge in [0.15, 0.2) is 0 Å². The molecule has 0 aromatic heterocycles. The molecule has 0 fully saturated rings. The van der Waals surface area contributed by atoms with Gasteiger partial charge < -0.3 is 20.9 Å². The summed E-state index contributed by atoms with van der Waals surface area (Å²) >= 11 is 17.2. The normalized spacial score (nSPS) is 11.7.